The lowest BCUT2D eigenvalue weighted by atomic mass is 9.80. The second kappa shape index (κ2) is 7.28. The molecule has 1 nitrogen and oxygen atoms in total. The first-order valence-electron chi connectivity index (χ1n) is 6.13. The van der Waals surface area contributed by atoms with Crippen LogP contribution in [0.1, 0.15) is 53.9 Å². The van der Waals surface area contributed by atoms with Crippen molar-refractivity contribution in [3.8, 4) is 0 Å². The van der Waals surface area contributed by atoms with E-state index in [-0.39, 0.29) is 0 Å². The highest BCUT2D eigenvalue weighted by Gasteiger charge is 2.18. The van der Waals surface area contributed by atoms with E-state index in [4.69, 9.17) is 5.11 Å². The van der Waals surface area contributed by atoms with Crippen molar-refractivity contribution in [2.45, 2.75) is 53.9 Å². The zero-order chi connectivity index (χ0) is 11.1. The van der Waals surface area contributed by atoms with E-state index in [1.165, 1.54) is 12.8 Å². The molecule has 4 unspecified atom stereocenters. The SMILES string of the molecule is CCC(C)C(C)CC(C)C(C)CCO. The number of rotatable bonds is 7. The first kappa shape index (κ1) is 14.0. The van der Waals surface area contributed by atoms with Crippen LogP contribution < -0.4 is 0 Å². The Kier molecular flexibility index (Phi) is 7.26. The molecule has 0 spiro atoms. The highest BCUT2D eigenvalue weighted by Crippen LogP contribution is 2.27. The Bertz CT molecular complexity index is 133. The molecule has 0 fully saturated rings. The fourth-order valence-corrected chi connectivity index (χ4v) is 1.94. The van der Waals surface area contributed by atoms with Crippen molar-refractivity contribution in [1.29, 1.82) is 0 Å². The van der Waals surface area contributed by atoms with Gasteiger partial charge in [-0.1, -0.05) is 41.0 Å². The van der Waals surface area contributed by atoms with Crippen LogP contribution in [0.15, 0.2) is 0 Å². The van der Waals surface area contributed by atoms with E-state index >= 15 is 0 Å². The molecule has 0 saturated carbocycles. The van der Waals surface area contributed by atoms with Gasteiger partial charge in [-0.3, -0.25) is 0 Å². The molecule has 1 heteroatoms. The summed E-state index contributed by atoms with van der Waals surface area (Å²) < 4.78 is 0. The Morgan fingerprint density at radius 3 is 1.79 bits per heavy atom. The van der Waals surface area contributed by atoms with Gasteiger partial charge in [-0.05, 0) is 36.5 Å². The van der Waals surface area contributed by atoms with Gasteiger partial charge in [-0.15, -0.1) is 0 Å². The first-order chi connectivity index (χ1) is 6.52. The van der Waals surface area contributed by atoms with Gasteiger partial charge in [0.1, 0.15) is 0 Å². The molecule has 4 atom stereocenters. The molecule has 14 heavy (non-hydrogen) atoms. The highest BCUT2D eigenvalue weighted by atomic mass is 16.3. The number of aliphatic hydroxyl groups excluding tert-OH is 1. The lowest BCUT2D eigenvalue weighted by Gasteiger charge is -2.25. The largest absolute Gasteiger partial charge is 0.396 e. The third-order valence-electron chi connectivity index (χ3n) is 3.91. The summed E-state index contributed by atoms with van der Waals surface area (Å²) in [7, 11) is 0. The van der Waals surface area contributed by atoms with Crippen LogP contribution in [0.25, 0.3) is 0 Å². The molecule has 0 aromatic heterocycles. The molecule has 0 aromatic rings. The normalized spacial score (nSPS) is 20.1. The topological polar surface area (TPSA) is 20.2 Å². The van der Waals surface area contributed by atoms with Gasteiger partial charge < -0.3 is 5.11 Å². The average molecular weight is 200 g/mol. The van der Waals surface area contributed by atoms with Crippen LogP contribution in [-0.2, 0) is 0 Å². The number of hydrogen-bond acceptors (Lipinski definition) is 1. The van der Waals surface area contributed by atoms with Crippen LogP contribution >= 0.6 is 0 Å². The fraction of sp³-hybridized carbons (Fsp3) is 1.00. The monoisotopic (exact) mass is 200 g/mol. The van der Waals surface area contributed by atoms with E-state index in [1.807, 2.05) is 0 Å². The third kappa shape index (κ3) is 4.99. The van der Waals surface area contributed by atoms with Gasteiger partial charge in [0.25, 0.3) is 0 Å². The van der Waals surface area contributed by atoms with Crippen molar-refractivity contribution in [2.75, 3.05) is 6.61 Å². The molecule has 0 rings (SSSR count). The Morgan fingerprint density at radius 2 is 1.36 bits per heavy atom. The smallest absolute Gasteiger partial charge is 0.0433 e. The second-order valence-corrected chi connectivity index (χ2v) is 5.07. The maximum Gasteiger partial charge on any atom is 0.0433 e. The van der Waals surface area contributed by atoms with Crippen LogP contribution in [0, 0.1) is 23.7 Å². The summed E-state index contributed by atoms with van der Waals surface area (Å²) >= 11 is 0. The molecular weight excluding hydrogens is 172 g/mol. The van der Waals surface area contributed by atoms with E-state index < -0.39 is 0 Å². The van der Waals surface area contributed by atoms with Crippen LogP contribution in [0.4, 0.5) is 0 Å². The van der Waals surface area contributed by atoms with Crippen molar-refractivity contribution in [1.82, 2.24) is 0 Å². The van der Waals surface area contributed by atoms with Crippen molar-refractivity contribution >= 4 is 0 Å². The zero-order valence-electron chi connectivity index (χ0n) is 10.6. The van der Waals surface area contributed by atoms with Crippen LogP contribution in [0.3, 0.4) is 0 Å². The highest BCUT2D eigenvalue weighted by molar-refractivity contribution is 4.68. The van der Waals surface area contributed by atoms with Crippen LogP contribution in [0.5, 0.6) is 0 Å². The lowest BCUT2D eigenvalue weighted by Crippen LogP contribution is -2.16. The Morgan fingerprint density at radius 1 is 0.857 bits per heavy atom. The van der Waals surface area contributed by atoms with Gasteiger partial charge in [0, 0.05) is 6.61 Å². The molecule has 0 aliphatic heterocycles. The summed E-state index contributed by atoms with van der Waals surface area (Å²) in [5.74, 6) is 3.05. The van der Waals surface area contributed by atoms with E-state index in [9.17, 15) is 0 Å². The molecule has 0 bridgehead atoms. The number of aliphatic hydroxyl groups is 1. The number of hydrogen-bond donors (Lipinski definition) is 1. The van der Waals surface area contributed by atoms with E-state index in [0.717, 1.165) is 24.2 Å². The first-order valence-corrected chi connectivity index (χ1v) is 6.13. The Balaban J connectivity index is 3.85. The maximum absolute atomic E-state index is 8.88. The lowest BCUT2D eigenvalue weighted by molar-refractivity contribution is 0.205. The molecule has 86 valence electrons. The van der Waals surface area contributed by atoms with Crippen LogP contribution in [-0.4, -0.2) is 11.7 Å². The Hall–Kier alpha value is -0.0400. The summed E-state index contributed by atoms with van der Waals surface area (Å²) in [5.41, 5.74) is 0. The minimum Gasteiger partial charge on any atom is -0.396 e. The molecule has 0 aromatic carbocycles. The van der Waals surface area contributed by atoms with Crippen molar-refractivity contribution in [2.24, 2.45) is 23.7 Å². The van der Waals surface area contributed by atoms with E-state index in [2.05, 4.69) is 34.6 Å². The molecule has 0 aliphatic carbocycles. The third-order valence-corrected chi connectivity index (χ3v) is 3.91. The van der Waals surface area contributed by atoms with Crippen molar-refractivity contribution < 1.29 is 5.11 Å². The van der Waals surface area contributed by atoms with Gasteiger partial charge >= 0.3 is 0 Å². The minimum absolute atomic E-state index is 0.337. The summed E-state index contributed by atoms with van der Waals surface area (Å²) in [6.07, 6.45) is 3.53. The van der Waals surface area contributed by atoms with Crippen LogP contribution in [0.2, 0.25) is 0 Å². The van der Waals surface area contributed by atoms with Gasteiger partial charge in [-0.2, -0.15) is 0 Å². The minimum atomic E-state index is 0.337. The summed E-state index contributed by atoms with van der Waals surface area (Å²) in [6, 6.07) is 0. The molecule has 0 amide bonds. The second-order valence-electron chi connectivity index (χ2n) is 5.07. The summed E-state index contributed by atoms with van der Waals surface area (Å²) in [5, 5.41) is 8.88. The molecule has 0 heterocycles. The van der Waals surface area contributed by atoms with Gasteiger partial charge in [0.2, 0.25) is 0 Å². The van der Waals surface area contributed by atoms with Gasteiger partial charge in [0.15, 0.2) is 0 Å². The molecule has 0 radical (unpaired) electrons. The summed E-state index contributed by atoms with van der Waals surface area (Å²) in [6.45, 7) is 11.9. The molecular formula is C13H28O. The average Bonchev–Trinajstić information content (AvgIpc) is 2.16. The van der Waals surface area contributed by atoms with Gasteiger partial charge in [0.05, 0.1) is 0 Å². The fourth-order valence-electron chi connectivity index (χ4n) is 1.94. The molecule has 1 N–H and O–H groups in total. The predicted octanol–water partition coefficient (Wildman–Crippen LogP) is 3.71. The van der Waals surface area contributed by atoms with Crippen molar-refractivity contribution in [3.05, 3.63) is 0 Å². The Labute approximate surface area is 89.9 Å². The van der Waals surface area contributed by atoms with E-state index in [0.29, 0.717) is 12.5 Å². The molecule has 0 saturated heterocycles. The van der Waals surface area contributed by atoms with Crippen molar-refractivity contribution in [3.63, 3.8) is 0 Å². The molecule has 0 aliphatic rings. The van der Waals surface area contributed by atoms with Gasteiger partial charge in [-0.25, -0.2) is 0 Å². The summed E-state index contributed by atoms with van der Waals surface area (Å²) in [4.78, 5) is 0. The van der Waals surface area contributed by atoms with E-state index in [1.54, 1.807) is 0 Å². The predicted molar refractivity (Wildman–Crippen MR) is 63.3 cm³/mol. The maximum atomic E-state index is 8.88. The quantitative estimate of drug-likeness (QED) is 0.664. The standard InChI is InChI=1S/C13H28O/c1-6-10(2)12(4)9-13(5)11(3)7-8-14/h10-14H,6-9H2,1-5H3. The zero-order valence-corrected chi connectivity index (χ0v) is 10.6.